The summed E-state index contributed by atoms with van der Waals surface area (Å²) >= 11 is 5.94. The van der Waals surface area contributed by atoms with Crippen molar-refractivity contribution in [1.82, 2.24) is 15.2 Å². The van der Waals surface area contributed by atoms with Crippen molar-refractivity contribution >= 4 is 23.7 Å². The Bertz CT molecular complexity index is 1290. The Balaban J connectivity index is 1.49. The lowest BCUT2D eigenvalue weighted by molar-refractivity contribution is -0.123. The van der Waals surface area contributed by atoms with Crippen LogP contribution in [0.5, 0.6) is 11.5 Å². The van der Waals surface area contributed by atoms with Crippen molar-refractivity contribution in [1.29, 1.82) is 0 Å². The first-order valence-electron chi connectivity index (χ1n) is 11.2. The Morgan fingerprint density at radius 3 is 2.57 bits per heavy atom. The first-order valence-corrected chi connectivity index (χ1v) is 11.6. The SMILES string of the molecule is CCCOc1ccc(-c2nn(-c3ccccc3)cc2/C=N\NC(=O)COc2cccc(Cl)c2)cc1. The first-order chi connectivity index (χ1) is 17.1. The van der Waals surface area contributed by atoms with Gasteiger partial charge in [0.05, 0.1) is 18.5 Å². The van der Waals surface area contributed by atoms with Crippen molar-refractivity contribution in [3.8, 4) is 28.4 Å². The van der Waals surface area contributed by atoms with Crippen LogP contribution in [0.25, 0.3) is 16.9 Å². The van der Waals surface area contributed by atoms with Crippen LogP contribution in [0.2, 0.25) is 5.02 Å². The van der Waals surface area contributed by atoms with E-state index in [4.69, 9.17) is 26.2 Å². The maximum absolute atomic E-state index is 12.2. The van der Waals surface area contributed by atoms with E-state index in [1.54, 1.807) is 35.2 Å². The number of ether oxygens (including phenoxy) is 2. The number of aromatic nitrogens is 2. The van der Waals surface area contributed by atoms with Crippen molar-refractivity contribution in [2.75, 3.05) is 13.2 Å². The molecule has 0 saturated heterocycles. The molecule has 0 aliphatic heterocycles. The topological polar surface area (TPSA) is 77.7 Å². The zero-order chi connectivity index (χ0) is 24.5. The lowest BCUT2D eigenvalue weighted by Crippen LogP contribution is -2.24. The molecule has 0 saturated carbocycles. The highest BCUT2D eigenvalue weighted by Crippen LogP contribution is 2.25. The van der Waals surface area contributed by atoms with Crippen LogP contribution in [-0.2, 0) is 4.79 Å². The summed E-state index contributed by atoms with van der Waals surface area (Å²) in [6, 6.07) is 24.4. The molecular weight excluding hydrogens is 464 g/mol. The predicted octanol–water partition coefficient (Wildman–Crippen LogP) is 5.51. The molecule has 0 spiro atoms. The number of hydrazone groups is 1. The summed E-state index contributed by atoms with van der Waals surface area (Å²) in [6.45, 7) is 2.55. The van der Waals surface area contributed by atoms with Gasteiger partial charge in [-0.3, -0.25) is 4.79 Å². The molecule has 0 bridgehead atoms. The zero-order valence-electron chi connectivity index (χ0n) is 19.2. The van der Waals surface area contributed by atoms with E-state index in [0.717, 1.165) is 34.7 Å². The summed E-state index contributed by atoms with van der Waals surface area (Å²) in [6.07, 6.45) is 4.38. The van der Waals surface area contributed by atoms with Gasteiger partial charge in [-0.1, -0.05) is 42.8 Å². The van der Waals surface area contributed by atoms with E-state index in [-0.39, 0.29) is 6.61 Å². The van der Waals surface area contributed by atoms with Crippen LogP contribution in [0, 0.1) is 0 Å². The molecule has 0 radical (unpaired) electrons. The van der Waals surface area contributed by atoms with Gasteiger partial charge in [-0.25, -0.2) is 10.1 Å². The summed E-state index contributed by atoms with van der Waals surface area (Å²) in [5.41, 5.74) is 5.78. The number of halogens is 1. The second-order valence-corrected chi connectivity index (χ2v) is 8.06. The quantitative estimate of drug-likeness (QED) is 0.236. The Kier molecular flexibility index (Phi) is 8.14. The van der Waals surface area contributed by atoms with Gasteiger partial charge in [-0.15, -0.1) is 0 Å². The summed E-state index contributed by atoms with van der Waals surface area (Å²) in [7, 11) is 0. The normalized spacial score (nSPS) is 10.9. The first kappa shape index (κ1) is 24.0. The number of benzene rings is 3. The van der Waals surface area contributed by atoms with Crippen molar-refractivity contribution < 1.29 is 14.3 Å². The average molecular weight is 489 g/mol. The molecule has 1 aromatic heterocycles. The average Bonchev–Trinajstić information content (AvgIpc) is 3.31. The number of amides is 1. The van der Waals surface area contributed by atoms with Gasteiger partial charge in [0.2, 0.25) is 0 Å². The highest BCUT2D eigenvalue weighted by Gasteiger charge is 2.12. The fourth-order valence-corrected chi connectivity index (χ4v) is 3.44. The van der Waals surface area contributed by atoms with E-state index in [9.17, 15) is 4.79 Å². The van der Waals surface area contributed by atoms with E-state index in [2.05, 4.69) is 17.5 Å². The molecule has 3 aromatic carbocycles. The minimum Gasteiger partial charge on any atom is -0.494 e. The smallest absolute Gasteiger partial charge is 0.277 e. The molecule has 0 aliphatic rings. The van der Waals surface area contributed by atoms with E-state index >= 15 is 0 Å². The fraction of sp³-hybridized carbons (Fsp3) is 0.148. The summed E-state index contributed by atoms with van der Waals surface area (Å²) < 4.78 is 12.9. The van der Waals surface area contributed by atoms with Gasteiger partial charge in [0, 0.05) is 22.3 Å². The lowest BCUT2D eigenvalue weighted by Gasteiger charge is -2.06. The van der Waals surface area contributed by atoms with Crippen LogP contribution in [-0.4, -0.2) is 35.1 Å². The van der Waals surface area contributed by atoms with Gasteiger partial charge in [0.1, 0.15) is 17.2 Å². The second kappa shape index (κ2) is 11.9. The molecule has 0 fully saturated rings. The molecule has 4 rings (SSSR count). The second-order valence-electron chi connectivity index (χ2n) is 7.63. The van der Waals surface area contributed by atoms with Crippen molar-refractivity contribution in [2.45, 2.75) is 13.3 Å². The highest BCUT2D eigenvalue weighted by molar-refractivity contribution is 6.30. The number of hydrogen-bond acceptors (Lipinski definition) is 5. The molecule has 1 amide bonds. The Morgan fingerprint density at radius 1 is 1.03 bits per heavy atom. The summed E-state index contributed by atoms with van der Waals surface area (Å²) in [5, 5.41) is 9.41. The van der Waals surface area contributed by atoms with Crippen molar-refractivity contribution in [3.63, 3.8) is 0 Å². The largest absolute Gasteiger partial charge is 0.494 e. The molecule has 35 heavy (non-hydrogen) atoms. The Hall–Kier alpha value is -4.10. The van der Waals surface area contributed by atoms with Gasteiger partial charge < -0.3 is 9.47 Å². The minimum atomic E-state index is -0.393. The number of nitrogens with one attached hydrogen (secondary N) is 1. The molecule has 0 atom stereocenters. The zero-order valence-corrected chi connectivity index (χ0v) is 20.0. The molecule has 4 aromatic rings. The highest BCUT2D eigenvalue weighted by atomic mass is 35.5. The molecule has 1 N–H and O–H groups in total. The third kappa shape index (κ3) is 6.71. The lowest BCUT2D eigenvalue weighted by atomic mass is 10.1. The van der Waals surface area contributed by atoms with Crippen molar-refractivity contribution in [3.05, 3.63) is 95.6 Å². The number of carbonyl (C=O) groups excluding carboxylic acids is 1. The molecule has 1 heterocycles. The molecule has 8 heteroatoms. The number of nitrogens with zero attached hydrogens (tertiary/aromatic N) is 3. The van der Waals surface area contributed by atoms with E-state index in [0.29, 0.717) is 17.4 Å². The fourth-order valence-electron chi connectivity index (χ4n) is 3.26. The van der Waals surface area contributed by atoms with Crippen LogP contribution < -0.4 is 14.9 Å². The third-order valence-electron chi connectivity index (χ3n) is 4.92. The van der Waals surface area contributed by atoms with Gasteiger partial charge in [0.25, 0.3) is 5.91 Å². The number of carbonyl (C=O) groups is 1. The molecule has 0 aliphatic carbocycles. The Morgan fingerprint density at radius 2 is 1.83 bits per heavy atom. The summed E-state index contributed by atoms with van der Waals surface area (Å²) in [5.74, 6) is 0.922. The van der Waals surface area contributed by atoms with E-state index in [1.807, 2.05) is 60.8 Å². The maximum atomic E-state index is 12.2. The van der Waals surface area contributed by atoms with Gasteiger partial charge in [-0.05, 0) is 61.0 Å². The summed E-state index contributed by atoms with van der Waals surface area (Å²) in [4.78, 5) is 12.2. The van der Waals surface area contributed by atoms with E-state index < -0.39 is 5.91 Å². The minimum absolute atomic E-state index is 0.187. The molecule has 0 unspecified atom stereocenters. The van der Waals surface area contributed by atoms with Crippen LogP contribution >= 0.6 is 11.6 Å². The predicted molar refractivity (Wildman–Crippen MR) is 137 cm³/mol. The van der Waals surface area contributed by atoms with Crippen LogP contribution in [0.3, 0.4) is 0 Å². The van der Waals surface area contributed by atoms with Crippen LogP contribution in [0.4, 0.5) is 0 Å². The molecule has 178 valence electrons. The maximum Gasteiger partial charge on any atom is 0.277 e. The van der Waals surface area contributed by atoms with Crippen LogP contribution in [0.1, 0.15) is 18.9 Å². The molecular formula is C27H25ClN4O3. The van der Waals surface area contributed by atoms with E-state index in [1.165, 1.54) is 0 Å². The third-order valence-corrected chi connectivity index (χ3v) is 5.16. The number of rotatable bonds is 10. The molecule has 7 nitrogen and oxygen atoms in total. The van der Waals surface area contributed by atoms with Crippen LogP contribution in [0.15, 0.2) is 90.2 Å². The number of para-hydroxylation sites is 1. The standard InChI is InChI=1S/C27H25ClN4O3/c1-2-15-34-24-13-11-20(12-14-24)27-21(18-32(31-27)23-8-4-3-5-9-23)17-29-30-26(33)19-35-25-10-6-7-22(28)16-25/h3-14,16-18H,2,15,19H2,1H3,(H,30,33)/b29-17-. The van der Waals surface area contributed by atoms with Gasteiger partial charge in [0.15, 0.2) is 6.61 Å². The van der Waals surface area contributed by atoms with Gasteiger partial charge >= 0.3 is 0 Å². The Labute approximate surface area is 209 Å². The monoisotopic (exact) mass is 488 g/mol. The van der Waals surface area contributed by atoms with Gasteiger partial charge in [-0.2, -0.15) is 10.2 Å². The number of hydrogen-bond donors (Lipinski definition) is 1. The van der Waals surface area contributed by atoms with Crippen molar-refractivity contribution in [2.24, 2.45) is 5.10 Å².